The van der Waals surface area contributed by atoms with Crippen molar-refractivity contribution in [2.24, 2.45) is 0 Å². The topological polar surface area (TPSA) is 91.7 Å². The van der Waals surface area contributed by atoms with Gasteiger partial charge in [0.1, 0.15) is 6.33 Å². The average molecular weight is 220 g/mol. The fraction of sp³-hybridized carbons (Fsp3) is 0.333. The van der Waals surface area contributed by atoms with E-state index in [0.717, 1.165) is 0 Å². The Bertz CT molecular complexity index is 480. The summed E-state index contributed by atoms with van der Waals surface area (Å²) in [7, 11) is 0. The molecule has 84 valence electrons. The van der Waals surface area contributed by atoms with Crippen molar-refractivity contribution in [2.75, 3.05) is 5.73 Å². The van der Waals surface area contributed by atoms with Crippen LogP contribution in [0.2, 0.25) is 0 Å². The molecule has 0 amide bonds. The standard InChI is InChI=1S/C9H12N6O/c1-6(2)16-7-3-4-11-9(13-7)15-5-12-8(10)14-15/h3-6H,1-2H3,(H2,10,14). The van der Waals surface area contributed by atoms with Crippen molar-refractivity contribution in [1.82, 2.24) is 24.7 Å². The van der Waals surface area contributed by atoms with Crippen molar-refractivity contribution in [1.29, 1.82) is 0 Å². The number of nitrogens with zero attached hydrogens (tertiary/aromatic N) is 5. The van der Waals surface area contributed by atoms with Gasteiger partial charge in [-0.2, -0.15) is 9.67 Å². The van der Waals surface area contributed by atoms with Crippen LogP contribution in [0.4, 0.5) is 5.95 Å². The van der Waals surface area contributed by atoms with Crippen LogP contribution in [-0.2, 0) is 0 Å². The molecule has 0 bridgehead atoms. The lowest BCUT2D eigenvalue weighted by Gasteiger charge is -2.08. The first-order chi connectivity index (χ1) is 7.65. The van der Waals surface area contributed by atoms with Crippen LogP contribution >= 0.6 is 0 Å². The molecule has 0 aromatic carbocycles. The van der Waals surface area contributed by atoms with E-state index < -0.39 is 0 Å². The summed E-state index contributed by atoms with van der Waals surface area (Å²) >= 11 is 0. The number of hydrogen-bond acceptors (Lipinski definition) is 6. The summed E-state index contributed by atoms with van der Waals surface area (Å²) in [5.41, 5.74) is 5.40. The van der Waals surface area contributed by atoms with Gasteiger partial charge in [-0.25, -0.2) is 9.97 Å². The minimum atomic E-state index is 0.0589. The Labute approximate surface area is 92.3 Å². The van der Waals surface area contributed by atoms with Gasteiger partial charge in [0.25, 0.3) is 5.95 Å². The number of nitrogens with two attached hydrogens (primary N) is 1. The predicted octanol–water partition coefficient (Wildman–Crippen LogP) is 0.427. The van der Waals surface area contributed by atoms with Crippen molar-refractivity contribution >= 4 is 5.95 Å². The van der Waals surface area contributed by atoms with Gasteiger partial charge in [0.05, 0.1) is 6.10 Å². The monoisotopic (exact) mass is 220 g/mol. The van der Waals surface area contributed by atoms with Crippen molar-refractivity contribution in [2.45, 2.75) is 20.0 Å². The SMILES string of the molecule is CC(C)Oc1ccnc(-n2cnc(N)n2)n1. The van der Waals surface area contributed by atoms with Gasteiger partial charge in [-0.15, -0.1) is 5.10 Å². The van der Waals surface area contributed by atoms with E-state index in [-0.39, 0.29) is 12.1 Å². The van der Waals surface area contributed by atoms with Crippen LogP contribution in [0, 0.1) is 0 Å². The molecule has 0 aliphatic carbocycles. The number of rotatable bonds is 3. The third-order valence-electron chi connectivity index (χ3n) is 1.69. The summed E-state index contributed by atoms with van der Waals surface area (Å²) in [6.07, 6.45) is 3.10. The molecule has 0 saturated heterocycles. The highest BCUT2D eigenvalue weighted by Crippen LogP contribution is 2.09. The Kier molecular flexibility index (Phi) is 2.67. The van der Waals surface area contributed by atoms with E-state index >= 15 is 0 Å². The van der Waals surface area contributed by atoms with Gasteiger partial charge in [0.2, 0.25) is 11.8 Å². The van der Waals surface area contributed by atoms with Gasteiger partial charge >= 0.3 is 0 Å². The quantitative estimate of drug-likeness (QED) is 0.806. The zero-order chi connectivity index (χ0) is 11.5. The van der Waals surface area contributed by atoms with Gasteiger partial charge in [-0.05, 0) is 13.8 Å². The van der Waals surface area contributed by atoms with Gasteiger partial charge < -0.3 is 10.5 Å². The highest BCUT2D eigenvalue weighted by Gasteiger charge is 2.05. The summed E-state index contributed by atoms with van der Waals surface area (Å²) in [4.78, 5) is 12.0. The third kappa shape index (κ3) is 2.25. The predicted molar refractivity (Wildman–Crippen MR) is 57.1 cm³/mol. The van der Waals surface area contributed by atoms with E-state index in [2.05, 4.69) is 20.1 Å². The first-order valence-electron chi connectivity index (χ1n) is 4.82. The van der Waals surface area contributed by atoms with E-state index in [1.54, 1.807) is 12.3 Å². The van der Waals surface area contributed by atoms with Crippen LogP contribution in [0.15, 0.2) is 18.6 Å². The zero-order valence-electron chi connectivity index (χ0n) is 9.03. The summed E-state index contributed by atoms with van der Waals surface area (Å²) in [6.45, 7) is 3.85. The summed E-state index contributed by atoms with van der Waals surface area (Å²) in [5.74, 6) is 1.05. The van der Waals surface area contributed by atoms with E-state index in [0.29, 0.717) is 11.8 Å². The molecule has 0 atom stereocenters. The highest BCUT2D eigenvalue weighted by molar-refractivity contribution is 5.19. The summed E-state index contributed by atoms with van der Waals surface area (Å²) in [6, 6.07) is 1.68. The number of anilines is 1. The average Bonchev–Trinajstić information content (AvgIpc) is 2.64. The van der Waals surface area contributed by atoms with Crippen molar-refractivity contribution in [3.63, 3.8) is 0 Å². The lowest BCUT2D eigenvalue weighted by molar-refractivity contribution is 0.232. The first-order valence-corrected chi connectivity index (χ1v) is 4.82. The minimum absolute atomic E-state index is 0.0589. The first kappa shape index (κ1) is 10.3. The second-order valence-electron chi connectivity index (χ2n) is 3.41. The van der Waals surface area contributed by atoms with Crippen LogP contribution in [-0.4, -0.2) is 30.8 Å². The molecular weight excluding hydrogens is 208 g/mol. The molecule has 7 nitrogen and oxygen atoms in total. The summed E-state index contributed by atoms with van der Waals surface area (Å²) in [5, 5.41) is 3.90. The van der Waals surface area contributed by atoms with E-state index in [4.69, 9.17) is 10.5 Å². The van der Waals surface area contributed by atoms with Gasteiger partial charge in [0, 0.05) is 12.3 Å². The van der Waals surface area contributed by atoms with Crippen LogP contribution in [0.1, 0.15) is 13.8 Å². The second-order valence-corrected chi connectivity index (χ2v) is 3.41. The molecule has 2 aromatic heterocycles. The van der Waals surface area contributed by atoms with Crippen molar-refractivity contribution in [3.05, 3.63) is 18.6 Å². The Morgan fingerprint density at radius 2 is 2.19 bits per heavy atom. The molecule has 0 unspecified atom stereocenters. The van der Waals surface area contributed by atoms with Crippen LogP contribution in [0.25, 0.3) is 5.95 Å². The number of nitrogen functional groups attached to an aromatic ring is 1. The zero-order valence-corrected chi connectivity index (χ0v) is 9.03. The largest absolute Gasteiger partial charge is 0.475 e. The number of aromatic nitrogens is 5. The Balaban J connectivity index is 2.28. The molecule has 2 rings (SSSR count). The van der Waals surface area contributed by atoms with Crippen molar-refractivity contribution < 1.29 is 4.74 Å². The maximum Gasteiger partial charge on any atom is 0.255 e. The molecule has 0 radical (unpaired) electrons. The normalized spacial score (nSPS) is 10.7. The molecule has 0 spiro atoms. The van der Waals surface area contributed by atoms with Crippen molar-refractivity contribution in [3.8, 4) is 11.8 Å². The second kappa shape index (κ2) is 4.13. The van der Waals surface area contributed by atoms with E-state index in [1.165, 1.54) is 11.0 Å². The number of hydrogen-bond donors (Lipinski definition) is 1. The molecular formula is C9H12N6O. The molecule has 2 aromatic rings. The molecule has 2 N–H and O–H groups in total. The Morgan fingerprint density at radius 3 is 2.81 bits per heavy atom. The highest BCUT2D eigenvalue weighted by atomic mass is 16.5. The van der Waals surface area contributed by atoms with Crippen LogP contribution < -0.4 is 10.5 Å². The molecule has 0 saturated carbocycles. The minimum Gasteiger partial charge on any atom is -0.475 e. The molecule has 0 aliphatic rings. The Hall–Kier alpha value is -2.18. The van der Waals surface area contributed by atoms with Gasteiger partial charge in [-0.1, -0.05) is 0 Å². The molecule has 2 heterocycles. The molecule has 7 heteroatoms. The smallest absolute Gasteiger partial charge is 0.255 e. The van der Waals surface area contributed by atoms with Gasteiger partial charge in [0.15, 0.2) is 0 Å². The molecule has 0 aliphatic heterocycles. The Morgan fingerprint density at radius 1 is 1.38 bits per heavy atom. The van der Waals surface area contributed by atoms with E-state index in [1.807, 2.05) is 13.8 Å². The fourth-order valence-corrected chi connectivity index (χ4v) is 1.12. The van der Waals surface area contributed by atoms with Crippen LogP contribution in [0.3, 0.4) is 0 Å². The third-order valence-corrected chi connectivity index (χ3v) is 1.69. The molecule has 0 fully saturated rings. The van der Waals surface area contributed by atoms with E-state index in [9.17, 15) is 0 Å². The number of ether oxygens (including phenoxy) is 1. The lowest BCUT2D eigenvalue weighted by Crippen LogP contribution is -2.09. The van der Waals surface area contributed by atoms with Crippen LogP contribution in [0.5, 0.6) is 5.88 Å². The fourth-order valence-electron chi connectivity index (χ4n) is 1.12. The molecule has 16 heavy (non-hydrogen) atoms. The lowest BCUT2D eigenvalue weighted by atomic mass is 10.5. The van der Waals surface area contributed by atoms with Gasteiger partial charge in [-0.3, -0.25) is 0 Å². The summed E-state index contributed by atoms with van der Waals surface area (Å²) < 4.78 is 6.83. The maximum absolute atomic E-state index is 5.44. The maximum atomic E-state index is 5.44.